The first-order chi connectivity index (χ1) is 17.6. The first-order valence-electron chi connectivity index (χ1n) is 11.7. The second-order valence-electron chi connectivity index (χ2n) is 8.73. The van der Waals surface area contributed by atoms with Gasteiger partial charge in [-0.05, 0) is 60.9 Å². The van der Waals surface area contributed by atoms with Gasteiger partial charge in [0.2, 0.25) is 12.7 Å². The van der Waals surface area contributed by atoms with Crippen LogP contribution in [0.25, 0.3) is 6.08 Å². The molecule has 180 valence electrons. The third kappa shape index (κ3) is 4.13. The summed E-state index contributed by atoms with van der Waals surface area (Å²) >= 11 is 1.28. The Kier molecular flexibility index (Phi) is 5.73. The van der Waals surface area contributed by atoms with Gasteiger partial charge in [0.15, 0.2) is 16.7 Å². The Labute approximate surface area is 213 Å². The zero-order chi connectivity index (χ0) is 24.6. The fraction of sp³-hybridized carbons (Fsp3) is 0.179. The highest BCUT2D eigenvalue weighted by Crippen LogP contribution is 2.35. The lowest BCUT2D eigenvalue weighted by Crippen LogP contribution is -2.34. The summed E-state index contributed by atoms with van der Waals surface area (Å²) in [4.78, 5) is 34.7. The van der Waals surface area contributed by atoms with E-state index in [1.807, 2.05) is 72.5 Å². The van der Waals surface area contributed by atoms with E-state index in [2.05, 4.69) is 11.1 Å². The van der Waals surface area contributed by atoms with Gasteiger partial charge in [-0.15, -0.1) is 0 Å². The number of anilines is 2. The highest BCUT2D eigenvalue weighted by molar-refractivity contribution is 8.14. The molecule has 3 aliphatic heterocycles. The molecule has 36 heavy (non-hydrogen) atoms. The molecule has 3 aromatic carbocycles. The quantitative estimate of drug-likeness (QED) is 0.485. The normalized spacial score (nSPS) is 17.1. The molecular weight excluding hydrogens is 474 g/mol. The molecule has 0 N–H and O–H groups in total. The molecule has 7 nitrogen and oxygen atoms in total. The number of aliphatic imine (C=N–C) groups is 1. The van der Waals surface area contributed by atoms with E-state index in [4.69, 9.17) is 9.47 Å². The number of amides is 2. The van der Waals surface area contributed by atoms with E-state index in [-0.39, 0.29) is 24.4 Å². The SMILES string of the molecule is Cc1ccc(N2C(=O)C(=Cc3ccc4c(c3)OCO4)N=C2SCC(=O)N2CCc3ccccc32)cc1. The fourth-order valence-corrected chi connectivity index (χ4v) is 5.37. The summed E-state index contributed by atoms with van der Waals surface area (Å²) in [5.74, 6) is 1.26. The van der Waals surface area contributed by atoms with Crippen LogP contribution in [0.1, 0.15) is 16.7 Å². The Morgan fingerprint density at radius 1 is 1.06 bits per heavy atom. The summed E-state index contributed by atoms with van der Waals surface area (Å²) in [6.45, 7) is 2.85. The number of ether oxygens (including phenoxy) is 2. The molecule has 3 aliphatic rings. The molecule has 0 aliphatic carbocycles. The summed E-state index contributed by atoms with van der Waals surface area (Å²) in [6.07, 6.45) is 2.58. The van der Waals surface area contributed by atoms with Crippen LogP contribution < -0.4 is 19.3 Å². The number of hydrogen-bond donors (Lipinski definition) is 0. The van der Waals surface area contributed by atoms with Crippen LogP contribution in [0.2, 0.25) is 0 Å². The number of benzene rings is 3. The molecule has 0 saturated heterocycles. The molecule has 0 aromatic heterocycles. The van der Waals surface area contributed by atoms with Crippen molar-refractivity contribution in [3.8, 4) is 11.5 Å². The Hall–Kier alpha value is -4.04. The fourth-order valence-electron chi connectivity index (χ4n) is 4.48. The van der Waals surface area contributed by atoms with Crippen molar-refractivity contribution in [3.63, 3.8) is 0 Å². The minimum atomic E-state index is -0.238. The Morgan fingerprint density at radius 3 is 2.72 bits per heavy atom. The highest BCUT2D eigenvalue weighted by Gasteiger charge is 2.33. The molecular formula is C28H23N3O4S. The van der Waals surface area contributed by atoms with Crippen molar-refractivity contribution in [1.29, 1.82) is 0 Å². The molecule has 3 aromatic rings. The number of fused-ring (bicyclic) bond motifs is 2. The molecule has 6 rings (SSSR count). The largest absolute Gasteiger partial charge is 0.454 e. The molecule has 0 spiro atoms. The monoisotopic (exact) mass is 497 g/mol. The summed E-state index contributed by atoms with van der Waals surface area (Å²) in [6, 6.07) is 21.2. The van der Waals surface area contributed by atoms with Crippen molar-refractivity contribution < 1.29 is 19.1 Å². The molecule has 2 amide bonds. The predicted octanol–water partition coefficient (Wildman–Crippen LogP) is 4.79. The summed E-state index contributed by atoms with van der Waals surface area (Å²) in [7, 11) is 0. The predicted molar refractivity (Wildman–Crippen MR) is 142 cm³/mol. The van der Waals surface area contributed by atoms with Gasteiger partial charge in [-0.3, -0.25) is 14.5 Å². The molecule has 0 fully saturated rings. The highest BCUT2D eigenvalue weighted by atomic mass is 32.2. The number of thioether (sulfide) groups is 1. The van der Waals surface area contributed by atoms with Gasteiger partial charge in [-0.25, -0.2) is 4.99 Å². The van der Waals surface area contributed by atoms with Gasteiger partial charge < -0.3 is 14.4 Å². The lowest BCUT2D eigenvalue weighted by Gasteiger charge is -2.20. The number of carbonyl (C=O) groups excluding carboxylic acids is 2. The Morgan fingerprint density at radius 2 is 1.86 bits per heavy atom. The standard InChI is InChI=1S/C28H23N3O4S/c1-18-6-9-21(10-7-18)31-27(33)22(14-19-8-11-24-25(15-19)35-17-34-24)29-28(31)36-16-26(32)30-13-12-20-4-2-3-5-23(20)30/h2-11,14-15H,12-13,16-17H2,1H3. The zero-order valence-electron chi connectivity index (χ0n) is 19.6. The first-order valence-corrected chi connectivity index (χ1v) is 12.7. The molecule has 0 bridgehead atoms. The van der Waals surface area contributed by atoms with E-state index in [0.717, 1.165) is 23.2 Å². The zero-order valence-corrected chi connectivity index (χ0v) is 20.5. The number of carbonyl (C=O) groups is 2. The van der Waals surface area contributed by atoms with Gasteiger partial charge in [-0.2, -0.15) is 0 Å². The van der Waals surface area contributed by atoms with Crippen LogP contribution in [0.3, 0.4) is 0 Å². The van der Waals surface area contributed by atoms with Crippen LogP contribution in [-0.4, -0.2) is 36.1 Å². The Bertz CT molecular complexity index is 1430. The number of rotatable bonds is 4. The van der Waals surface area contributed by atoms with Crippen molar-refractivity contribution >= 4 is 46.2 Å². The third-order valence-corrected chi connectivity index (χ3v) is 7.26. The van der Waals surface area contributed by atoms with Gasteiger partial charge in [-0.1, -0.05) is 53.7 Å². The van der Waals surface area contributed by atoms with Gasteiger partial charge in [0, 0.05) is 12.2 Å². The van der Waals surface area contributed by atoms with Crippen molar-refractivity contribution in [2.45, 2.75) is 13.3 Å². The number of hydrogen-bond acceptors (Lipinski definition) is 6. The van der Waals surface area contributed by atoms with Crippen LogP contribution in [-0.2, 0) is 16.0 Å². The maximum atomic E-state index is 13.5. The van der Waals surface area contributed by atoms with Crippen molar-refractivity contribution in [2.24, 2.45) is 4.99 Å². The molecule has 0 radical (unpaired) electrons. The van der Waals surface area contributed by atoms with Crippen molar-refractivity contribution in [2.75, 3.05) is 28.9 Å². The molecule has 0 atom stereocenters. The number of para-hydroxylation sites is 1. The second kappa shape index (κ2) is 9.20. The average molecular weight is 498 g/mol. The van der Waals surface area contributed by atoms with Crippen LogP contribution in [0.4, 0.5) is 11.4 Å². The van der Waals surface area contributed by atoms with Crippen LogP contribution >= 0.6 is 11.8 Å². The van der Waals surface area contributed by atoms with Crippen molar-refractivity contribution in [3.05, 3.63) is 89.1 Å². The van der Waals surface area contributed by atoms with Crippen molar-refractivity contribution in [1.82, 2.24) is 0 Å². The van der Waals surface area contributed by atoms with E-state index in [9.17, 15) is 9.59 Å². The van der Waals surface area contributed by atoms with Crippen LogP contribution in [0, 0.1) is 6.92 Å². The topological polar surface area (TPSA) is 71.4 Å². The maximum Gasteiger partial charge on any atom is 0.283 e. The van der Waals surface area contributed by atoms with Gasteiger partial charge >= 0.3 is 0 Å². The lowest BCUT2D eigenvalue weighted by atomic mass is 10.1. The maximum absolute atomic E-state index is 13.5. The van der Waals surface area contributed by atoms with E-state index >= 15 is 0 Å². The van der Waals surface area contributed by atoms with E-state index in [1.165, 1.54) is 17.3 Å². The summed E-state index contributed by atoms with van der Waals surface area (Å²) < 4.78 is 10.8. The minimum Gasteiger partial charge on any atom is -0.454 e. The molecule has 3 heterocycles. The molecule has 0 saturated carbocycles. The molecule has 8 heteroatoms. The van der Waals surface area contributed by atoms with E-state index in [0.29, 0.717) is 34.6 Å². The third-order valence-electron chi connectivity index (χ3n) is 6.33. The van der Waals surface area contributed by atoms with Gasteiger partial charge in [0.25, 0.3) is 5.91 Å². The van der Waals surface area contributed by atoms with E-state index in [1.54, 1.807) is 11.0 Å². The Balaban J connectivity index is 1.27. The van der Waals surface area contributed by atoms with Gasteiger partial charge in [0.1, 0.15) is 5.70 Å². The smallest absolute Gasteiger partial charge is 0.283 e. The number of aryl methyl sites for hydroxylation is 1. The first kappa shape index (κ1) is 22.4. The second-order valence-corrected chi connectivity index (χ2v) is 9.67. The van der Waals surface area contributed by atoms with Crippen LogP contribution in [0.15, 0.2) is 77.4 Å². The molecule has 0 unspecified atom stereocenters. The number of amidine groups is 1. The van der Waals surface area contributed by atoms with Crippen LogP contribution in [0.5, 0.6) is 11.5 Å². The van der Waals surface area contributed by atoms with E-state index < -0.39 is 0 Å². The lowest BCUT2D eigenvalue weighted by molar-refractivity contribution is -0.116. The average Bonchev–Trinajstić information content (AvgIpc) is 3.61. The number of nitrogens with zero attached hydrogens (tertiary/aromatic N) is 3. The minimum absolute atomic E-state index is 0.00263. The van der Waals surface area contributed by atoms with Gasteiger partial charge in [0.05, 0.1) is 11.4 Å². The summed E-state index contributed by atoms with van der Waals surface area (Å²) in [5, 5.41) is 0.483. The summed E-state index contributed by atoms with van der Waals surface area (Å²) in [5.41, 5.74) is 5.04.